The van der Waals surface area contributed by atoms with E-state index >= 15 is 0 Å². The van der Waals surface area contributed by atoms with Crippen LogP contribution in [0.2, 0.25) is 0 Å². The Morgan fingerprint density at radius 2 is 1.70 bits per heavy atom. The summed E-state index contributed by atoms with van der Waals surface area (Å²) >= 11 is 0. The second-order valence-corrected chi connectivity index (χ2v) is 9.34. The molecule has 0 radical (unpaired) electrons. The number of ether oxygens (including phenoxy) is 3. The maximum atomic E-state index is 12.6. The lowest BCUT2D eigenvalue weighted by atomic mass is 10.1. The van der Waals surface area contributed by atoms with E-state index in [2.05, 4.69) is 5.32 Å². The molecule has 1 aromatic carbocycles. The molecule has 0 fully saturated rings. The molecule has 1 rings (SSSR count). The van der Waals surface area contributed by atoms with Crippen LogP contribution in [0.25, 0.3) is 0 Å². The summed E-state index contributed by atoms with van der Waals surface area (Å²) in [7, 11) is -1.85. The molecule has 27 heavy (non-hydrogen) atoms. The van der Waals surface area contributed by atoms with Crippen LogP contribution >= 0.6 is 0 Å². The Bertz CT molecular complexity index is 714. The molecule has 0 saturated carbocycles. The van der Waals surface area contributed by atoms with Crippen molar-refractivity contribution in [1.29, 1.82) is 0 Å². The van der Waals surface area contributed by atoms with Crippen molar-refractivity contribution in [2.75, 3.05) is 39.2 Å². The van der Waals surface area contributed by atoms with Gasteiger partial charge in [0.15, 0.2) is 9.84 Å². The fraction of sp³-hybridized carbons (Fsp3) is 0.632. The third kappa shape index (κ3) is 8.28. The van der Waals surface area contributed by atoms with Gasteiger partial charge >= 0.3 is 5.97 Å². The molecule has 1 aromatic rings. The second-order valence-electron chi connectivity index (χ2n) is 7.30. The van der Waals surface area contributed by atoms with Gasteiger partial charge in [-0.1, -0.05) is 0 Å². The van der Waals surface area contributed by atoms with Crippen molar-refractivity contribution in [3.8, 4) is 5.75 Å². The summed E-state index contributed by atoms with van der Waals surface area (Å²) in [5, 5.41) is 3.01. The zero-order valence-electron chi connectivity index (χ0n) is 17.0. The molecule has 8 heteroatoms. The van der Waals surface area contributed by atoms with E-state index in [0.717, 1.165) is 0 Å². The molecule has 0 aliphatic rings. The zero-order chi connectivity index (χ0) is 20.7. The highest BCUT2D eigenvalue weighted by molar-refractivity contribution is 7.91. The van der Waals surface area contributed by atoms with Gasteiger partial charge in [0.25, 0.3) is 0 Å². The highest BCUT2D eigenvalue weighted by Crippen LogP contribution is 2.26. The van der Waals surface area contributed by atoms with Gasteiger partial charge in [0.05, 0.1) is 24.4 Å². The molecule has 7 nitrogen and oxygen atoms in total. The Morgan fingerprint density at radius 1 is 1.11 bits per heavy atom. The maximum Gasteiger partial charge on any atom is 0.332 e. The number of rotatable bonds is 10. The molecule has 154 valence electrons. The van der Waals surface area contributed by atoms with Crippen molar-refractivity contribution in [3.05, 3.63) is 23.3 Å². The number of carbonyl (C=O) groups is 1. The minimum atomic E-state index is -3.41. The van der Waals surface area contributed by atoms with E-state index in [9.17, 15) is 13.2 Å². The first-order valence-electron chi connectivity index (χ1n) is 8.84. The van der Waals surface area contributed by atoms with Crippen LogP contribution in [-0.2, 0) is 24.1 Å². The predicted octanol–water partition coefficient (Wildman–Crippen LogP) is 2.03. The van der Waals surface area contributed by atoms with Crippen LogP contribution in [0, 0.1) is 13.8 Å². The van der Waals surface area contributed by atoms with E-state index in [-0.39, 0.29) is 12.4 Å². The van der Waals surface area contributed by atoms with Gasteiger partial charge < -0.3 is 19.5 Å². The number of sulfone groups is 1. The molecule has 0 spiro atoms. The topological polar surface area (TPSA) is 90.9 Å². The summed E-state index contributed by atoms with van der Waals surface area (Å²) in [5.41, 5.74) is 0.810. The summed E-state index contributed by atoms with van der Waals surface area (Å²) in [6.07, 6.45) is 0. The van der Waals surface area contributed by atoms with E-state index < -0.39 is 21.4 Å². The SMILES string of the molecule is COc1cc(C)c(S(=O)(=O)CCNCCOCC(=O)OC(C)(C)C)c(C)c1. The molecule has 0 heterocycles. The van der Waals surface area contributed by atoms with Gasteiger partial charge in [-0.05, 0) is 57.9 Å². The lowest BCUT2D eigenvalue weighted by Crippen LogP contribution is -2.29. The molecular formula is C19H31NO6S. The predicted molar refractivity (Wildman–Crippen MR) is 104 cm³/mol. The Hall–Kier alpha value is -1.64. The molecule has 0 atom stereocenters. The van der Waals surface area contributed by atoms with Crippen LogP contribution in [0.4, 0.5) is 0 Å². The van der Waals surface area contributed by atoms with E-state index in [4.69, 9.17) is 14.2 Å². The standard InChI is InChI=1S/C19H31NO6S/c1-14-11-16(24-6)12-15(2)18(14)27(22,23)10-8-20-7-9-25-13-17(21)26-19(3,4)5/h11-12,20H,7-10,13H2,1-6H3. The quantitative estimate of drug-likeness (QED) is 0.474. The monoisotopic (exact) mass is 401 g/mol. The Balaban J connectivity index is 2.39. The number of hydrogen-bond donors (Lipinski definition) is 1. The molecule has 1 N–H and O–H groups in total. The average molecular weight is 402 g/mol. The molecule has 0 aliphatic carbocycles. The fourth-order valence-corrected chi connectivity index (χ4v) is 4.34. The summed E-state index contributed by atoms with van der Waals surface area (Å²) in [6, 6.07) is 3.44. The number of hydrogen-bond acceptors (Lipinski definition) is 7. The van der Waals surface area contributed by atoms with Crippen LogP contribution in [0.3, 0.4) is 0 Å². The number of nitrogens with one attached hydrogen (secondary N) is 1. The second kappa shape index (κ2) is 10.1. The van der Waals surface area contributed by atoms with Crippen molar-refractivity contribution < 1.29 is 27.4 Å². The Kier molecular flexibility index (Phi) is 8.71. The van der Waals surface area contributed by atoms with Crippen molar-refractivity contribution in [2.24, 2.45) is 0 Å². The average Bonchev–Trinajstić information content (AvgIpc) is 2.51. The normalized spacial score (nSPS) is 12.1. The summed E-state index contributed by atoms with van der Waals surface area (Å²) in [4.78, 5) is 11.8. The smallest absolute Gasteiger partial charge is 0.332 e. The molecule has 0 unspecified atom stereocenters. The van der Waals surface area contributed by atoms with Crippen molar-refractivity contribution >= 4 is 15.8 Å². The van der Waals surface area contributed by atoms with Gasteiger partial charge in [0, 0.05) is 13.1 Å². The van der Waals surface area contributed by atoms with Crippen molar-refractivity contribution in [3.63, 3.8) is 0 Å². The molecule has 0 bridgehead atoms. The van der Waals surface area contributed by atoms with E-state index in [1.807, 2.05) is 0 Å². The van der Waals surface area contributed by atoms with Gasteiger partial charge in [0.1, 0.15) is 18.0 Å². The molecular weight excluding hydrogens is 370 g/mol. The van der Waals surface area contributed by atoms with Crippen LogP contribution in [0.1, 0.15) is 31.9 Å². The van der Waals surface area contributed by atoms with Crippen LogP contribution in [-0.4, -0.2) is 59.2 Å². The molecule has 0 aromatic heterocycles. The van der Waals surface area contributed by atoms with Gasteiger partial charge in [-0.15, -0.1) is 0 Å². The van der Waals surface area contributed by atoms with E-state index in [0.29, 0.717) is 41.5 Å². The highest BCUT2D eigenvalue weighted by Gasteiger charge is 2.20. The van der Waals surface area contributed by atoms with Gasteiger partial charge in [-0.25, -0.2) is 13.2 Å². The third-order valence-electron chi connectivity index (χ3n) is 3.59. The number of carbonyl (C=O) groups excluding carboxylic acids is 1. The van der Waals surface area contributed by atoms with Crippen molar-refractivity contribution in [1.82, 2.24) is 5.32 Å². The van der Waals surface area contributed by atoms with E-state index in [1.165, 1.54) is 0 Å². The number of esters is 1. The minimum Gasteiger partial charge on any atom is -0.497 e. The van der Waals surface area contributed by atoms with Crippen LogP contribution in [0.5, 0.6) is 5.75 Å². The maximum absolute atomic E-state index is 12.6. The highest BCUT2D eigenvalue weighted by atomic mass is 32.2. The minimum absolute atomic E-state index is 0.0208. The van der Waals surface area contributed by atoms with E-state index in [1.54, 1.807) is 53.9 Å². The van der Waals surface area contributed by atoms with Crippen molar-refractivity contribution in [2.45, 2.75) is 45.1 Å². The van der Waals surface area contributed by atoms with Gasteiger partial charge in [-0.2, -0.15) is 0 Å². The Labute approximate surface area is 162 Å². The van der Waals surface area contributed by atoms with Gasteiger partial charge in [-0.3, -0.25) is 0 Å². The number of methoxy groups -OCH3 is 1. The van der Waals surface area contributed by atoms with Crippen LogP contribution < -0.4 is 10.1 Å². The first-order valence-corrected chi connectivity index (χ1v) is 10.5. The number of benzene rings is 1. The lowest BCUT2D eigenvalue weighted by molar-refractivity contribution is -0.160. The molecule has 0 saturated heterocycles. The summed E-state index contributed by atoms with van der Waals surface area (Å²) < 4.78 is 40.7. The largest absolute Gasteiger partial charge is 0.497 e. The van der Waals surface area contributed by atoms with Gasteiger partial charge in [0.2, 0.25) is 0 Å². The number of aryl methyl sites for hydroxylation is 2. The first kappa shape index (κ1) is 23.4. The Morgan fingerprint density at radius 3 is 2.22 bits per heavy atom. The fourth-order valence-electron chi connectivity index (χ4n) is 2.62. The van der Waals surface area contributed by atoms with Crippen LogP contribution in [0.15, 0.2) is 17.0 Å². The molecule has 0 aliphatic heterocycles. The zero-order valence-corrected chi connectivity index (χ0v) is 17.9. The summed E-state index contributed by atoms with van der Waals surface area (Å²) in [6.45, 7) is 9.81. The molecule has 0 amide bonds. The first-order chi connectivity index (χ1) is 12.5. The lowest BCUT2D eigenvalue weighted by Gasteiger charge is -2.19. The summed E-state index contributed by atoms with van der Waals surface area (Å²) in [5.74, 6) is 0.201. The third-order valence-corrected chi connectivity index (χ3v) is 5.60.